The quantitative estimate of drug-likeness (QED) is 0.783. The number of rotatable bonds is 4. The minimum absolute atomic E-state index is 0.139. The van der Waals surface area contributed by atoms with Crippen LogP contribution in [-0.2, 0) is 9.47 Å². The van der Waals surface area contributed by atoms with Crippen molar-refractivity contribution in [2.24, 2.45) is 0 Å². The van der Waals surface area contributed by atoms with Crippen molar-refractivity contribution >= 4 is 39.2 Å². The number of methoxy groups -OCH3 is 1. The summed E-state index contributed by atoms with van der Waals surface area (Å²) < 4.78 is 15.9. The van der Waals surface area contributed by atoms with Gasteiger partial charge in [-0.15, -0.1) is 0 Å². The van der Waals surface area contributed by atoms with Gasteiger partial charge in [-0.1, -0.05) is 0 Å². The second kappa shape index (κ2) is 7.71. The van der Waals surface area contributed by atoms with Crippen molar-refractivity contribution in [1.82, 2.24) is 0 Å². The van der Waals surface area contributed by atoms with Gasteiger partial charge in [0.1, 0.15) is 0 Å². The average molecular weight is 409 g/mol. The van der Waals surface area contributed by atoms with E-state index >= 15 is 0 Å². The van der Waals surface area contributed by atoms with Gasteiger partial charge in [0.2, 0.25) is 0 Å². The van der Waals surface area contributed by atoms with E-state index in [9.17, 15) is 9.59 Å². The van der Waals surface area contributed by atoms with Gasteiger partial charge in [-0.25, -0.2) is 4.79 Å². The number of hydrogen-bond acceptors (Lipinski definition) is 6. The highest BCUT2D eigenvalue weighted by molar-refractivity contribution is 9.10. The Morgan fingerprint density at radius 3 is 2.60 bits per heavy atom. The number of benzene rings is 1. The SMILES string of the molecule is COC(=O)c1cc(N2CCOCC2)ccc1NC(=O)c1ccc(Br)o1. The van der Waals surface area contributed by atoms with E-state index in [1.165, 1.54) is 7.11 Å². The van der Waals surface area contributed by atoms with E-state index in [1.807, 2.05) is 6.07 Å². The normalized spacial score (nSPS) is 14.2. The first-order valence-corrected chi connectivity index (χ1v) is 8.49. The minimum atomic E-state index is -0.522. The van der Waals surface area contributed by atoms with Crippen molar-refractivity contribution in [1.29, 1.82) is 0 Å². The van der Waals surface area contributed by atoms with Gasteiger partial charge in [-0.3, -0.25) is 4.79 Å². The number of furan rings is 1. The molecule has 0 bridgehead atoms. The molecule has 25 heavy (non-hydrogen) atoms. The van der Waals surface area contributed by atoms with Gasteiger partial charge >= 0.3 is 5.97 Å². The largest absolute Gasteiger partial charge is 0.465 e. The number of amides is 1. The molecule has 0 saturated carbocycles. The zero-order chi connectivity index (χ0) is 17.8. The fourth-order valence-electron chi connectivity index (χ4n) is 2.56. The summed E-state index contributed by atoms with van der Waals surface area (Å²) in [5, 5.41) is 2.69. The van der Waals surface area contributed by atoms with E-state index in [2.05, 4.69) is 26.1 Å². The summed E-state index contributed by atoms with van der Waals surface area (Å²) >= 11 is 3.15. The first-order chi connectivity index (χ1) is 12.1. The highest BCUT2D eigenvalue weighted by atomic mass is 79.9. The molecule has 1 saturated heterocycles. The minimum Gasteiger partial charge on any atom is -0.465 e. The standard InChI is InChI=1S/C17H17BrN2O5/c1-23-17(22)12-10-11(20-6-8-24-9-7-20)2-3-13(12)19-16(21)14-4-5-15(18)25-14/h2-5,10H,6-9H2,1H3,(H,19,21). The molecule has 2 heterocycles. The first-order valence-electron chi connectivity index (χ1n) is 7.70. The first kappa shape index (κ1) is 17.5. The molecule has 3 rings (SSSR count). The highest BCUT2D eigenvalue weighted by Gasteiger charge is 2.20. The van der Waals surface area contributed by atoms with Gasteiger partial charge in [0.15, 0.2) is 10.4 Å². The molecule has 1 amide bonds. The van der Waals surface area contributed by atoms with Crippen LogP contribution in [0.15, 0.2) is 39.4 Å². The third-order valence-corrected chi connectivity index (χ3v) is 4.26. The van der Waals surface area contributed by atoms with Crippen LogP contribution in [0.3, 0.4) is 0 Å². The molecular formula is C17H17BrN2O5. The van der Waals surface area contributed by atoms with E-state index in [1.54, 1.807) is 24.3 Å². The molecule has 0 unspecified atom stereocenters. The lowest BCUT2D eigenvalue weighted by atomic mass is 10.1. The molecule has 1 aromatic heterocycles. The summed E-state index contributed by atoms with van der Waals surface area (Å²) in [6.07, 6.45) is 0. The zero-order valence-corrected chi connectivity index (χ0v) is 15.2. The highest BCUT2D eigenvalue weighted by Crippen LogP contribution is 2.26. The fourth-order valence-corrected chi connectivity index (χ4v) is 2.87. The third kappa shape index (κ3) is 4.02. The zero-order valence-electron chi connectivity index (χ0n) is 13.6. The van der Waals surface area contributed by atoms with Gasteiger partial charge in [-0.2, -0.15) is 0 Å². The Morgan fingerprint density at radius 2 is 1.96 bits per heavy atom. The van der Waals surface area contributed by atoms with E-state index < -0.39 is 11.9 Å². The molecular weight excluding hydrogens is 392 g/mol. The molecule has 8 heteroatoms. The second-order valence-corrected chi connectivity index (χ2v) is 6.16. The van der Waals surface area contributed by atoms with Crippen molar-refractivity contribution in [3.8, 4) is 0 Å². The number of esters is 1. The molecule has 1 N–H and O–H groups in total. The molecule has 0 atom stereocenters. The number of halogens is 1. The molecule has 1 aromatic carbocycles. The van der Waals surface area contributed by atoms with E-state index in [4.69, 9.17) is 13.9 Å². The molecule has 7 nitrogen and oxygen atoms in total. The van der Waals surface area contributed by atoms with Crippen LogP contribution in [0.5, 0.6) is 0 Å². The number of nitrogens with zero attached hydrogens (tertiary/aromatic N) is 1. The van der Waals surface area contributed by atoms with Gasteiger partial charge in [-0.05, 0) is 46.3 Å². The van der Waals surface area contributed by atoms with Gasteiger partial charge in [0.05, 0.1) is 31.6 Å². The van der Waals surface area contributed by atoms with E-state index in [0.29, 0.717) is 23.6 Å². The Balaban J connectivity index is 1.87. The summed E-state index contributed by atoms with van der Waals surface area (Å²) in [6, 6.07) is 8.42. The van der Waals surface area contributed by atoms with Crippen LogP contribution in [0.4, 0.5) is 11.4 Å². The maximum Gasteiger partial charge on any atom is 0.340 e. The number of nitrogens with one attached hydrogen (secondary N) is 1. The maximum atomic E-state index is 12.3. The Kier molecular flexibility index (Phi) is 5.40. The van der Waals surface area contributed by atoms with Crippen LogP contribution < -0.4 is 10.2 Å². The van der Waals surface area contributed by atoms with E-state index in [0.717, 1.165) is 18.8 Å². The lowest BCUT2D eigenvalue weighted by Crippen LogP contribution is -2.36. The van der Waals surface area contributed by atoms with E-state index in [-0.39, 0.29) is 11.3 Å². The summed E-state index contributed by atoms with van der Waals surface area (Å²) in [6.45, 7) is 2.76. The van der Waals surface area contributed by atoms with Crippen LogP contribution in [0.2, 0.25) is 0 Å². The third-order valence-electron chi connectivity index (χ3n) is 3.83. The molecule has 1 aliphatic heterocycles. The Morgan fingerprint density at radius 1 is 1.20 bits per heavy atom. The van der Waals surface area contributed by atoms with Crippen molar-refractivity contribution < 1.29 is 23.5 Å². The van der Waals surface area contributed by atoms with Gasteiger partial charge in [0, 0.05) is 18.8 Å². The van der Waals surface area contributed by atoms with Crippen molar-refractivity contribution in [2.75, 3.05) is 43.6 Å². The molecule has 1 fully saturated rings. The molecule has 0 aliphatic carbocycles. The number of carbonyl (C=O) groups is 2. The average Bonchev–Trinajstić information content (AvgIpc) is 3.08. The molecule has 0 radical (unpaired) electrons. The fraction of sp³-hybridized carbons (Fsp3) is 0.294. The molecule has 2 aromatic rings. The predicted molar refractivity (Wildman–Crippen MR) is 95.2 cm³/mol. The Labute approximate surface area is 153 Å². The Hall–Kier alpha value is -2.32. The van der Waals surface area contributed by atoms with Crippen molar-refractivity contribution in [3.63, 3.8) is 0 Å². The number of anilines is 2. The number of carbonyl (C=O) groups excluding carboxylic acids is 2. The van der Waals surface area contributed by atoms with Gasteiger partial charge in [0.25, 0.3) is 5.91 Å². The second-order valence-electron chi connectivity index (χ2n) is 5.38. The van der Waals surface area contributed by atoms with Crippen LogP contribution in [0.1, 0.15) is 20.9 Å². The lowest BCUT2D eigenvalue weighted by Gasteiger charge is -2.29. The molecule has 132 valence electrons. The molecule has 1 aliphatic rings. The maximum absolute atomic E-state index is 12.3. The number of hydrogen-bond donors (Lipinski definition) is 1. The smallest absolute Gasteiger partial charge is 0.340 e. The number of morpholine rings is 1. The number of ether oxygens (including phenoxy) is 2. The van der Waals surface area contributed by atoms with Gasteiger partial charge < -0.3 is 24.1 Å². The predicted octanol–water partition coefficient (Wildman–Crippen LogP) is 2.92. The lowest BCUT2D eigenvalue weighted by molar-refractivity contribution is 0.0602. The summed E-state index contributed by atoms with van der Waals surface area (Å²) in [5.74, 6) is -0.832. The van der Waals surface area contributed by atoms with Crippen molar-refractivity contribution in [2.45, 2.75) is 0 Å². The van der Waals surface area contributed by atoms with Crippen LogP contribution in [0.25, 0.3) is 0 Å². The monoisotopic (exact) mass is 408 g/mol. The summed E-state index contributed by atoms with van der Waals surface area (Å²) in [4.78, 5) is 26.5. The van der Waals surface area contributed by atoms with Crippen LogP contribution in [0, 0.1) is 0 Å². The summed E-state index contributed by atoms with van der Waals surface area (Å²) in [7, 11) is 1.30. The van der Waals surface area contributed by atoms with Crippen LogP contribution in [-0.4, -0.2) is 45.3 Å². The summed E-state index contributed by atoms with van der Waals surface area (Å²) in [5.41, 5.74) is 1.52. The molecule has 0 spiro atoms. The van der Waals surface area contributed by atoms with Crippen molar-refractivity contribution in [3.05, 3.63) is 46.3 Å². The van der Waals surface area contributed by atoms with Crippen LogP contribution >= 0.6 is 15.9 Å². The Bertz CT molecular complexity index is 783. The topological polar surface area (TPSA) is 81.0 Å².